The van der Waals surface area contributed by atoms with Gasteiger partial charge < -0.3 is 19.2 Å². The molecule has 0 aromatic rings. The molecule has 1 N–H and O–H groups in total. The Bertz CT molecular complexity index is 55.8. The molecule has 0 aromatic carbocycles. The second-order valence-electron chi connectivity index (χ2n) is 0.469. The zero-order valence-electron chi connectivity index (χ0n) is 3.53. The van der Waals surface area contributed by atoms with Crippen LogP contribution in [0.1, 0.15) is 0 Å². The van der Waals surface area contributed by atoms with Crippen LogP contribution in [0, 0.1) is 0 Å². The molecule has 40 valence electrons. The second-order valence-corrected chi connectivity index (χ2v) is 1.41. The van der Waals surface area contributed by atoms with Crippen molar-refractivity contribution < 1.29 is 38.7 Å². The second kappa shape index (κ2) is 5.30. The van der Waals surface area contributed by atoms with Gasteiger partial charge in [0.1, 0.15) is 0 Å². The van der Waals surface area contributed by atoms with E-state index in [0.717, 1.165) is 0 Å². The van der Waals surface area contributed by atoms with Crippen molar-refractivity contribution in [3.05, 3.63) is 0 Å². The molecule has 0 amide bonds. The molecule has 0 rings (SSSR count). The smallest absolute Gasteiger partial charge is 0.790 e. The van der Waals surface area contributed by atoms with Crippen molar-refractivity contribution in [3.8, 4) is 0 Å². The van der Waals surface area contributed by atoms with Gasteiger partial charge in [0, 0.05) is 0 Å². The maximum atomic E-state index is 8.66. The van der Waals surface area contributed by atoms with E-state index in [-0.39, 0.29) is 29.4 Å². The van der Waals surface area contributed by atoms with E-state index in [1.165, 1.54) is 0 Å². The summed E-state index contributed by atoms with van der Waals surface area (Å²) in [5.74, 6) is 0. The van der Waals surface area contributed by atoms with Crippen LogP contribution in [-0.2, 0) is 24.0 Å². The molecule has 0 aliphatic heterocycles. The molecule has 4 nitrogen and oxygen atoms in total. The van der Waals surface area contributed by atoms with E-state index in [9.17, 15) is 0 Å². The zero-order valence-corrected chi connectivity index (χ0v) is 8.81. The quantitative estimate of drug-likeness (QED) is 0.353. The van der Waals surface area contributed by atoms with E-state index in [1.807, 2.05) is 0 Å². The minimum atomic E-state index is -5.14. The topological polar surface area (TPSA) is 83.4 Å². The molecule has 0 fully saturated rings. The van der Waals surface area contributed by atoms with Gasteiger partial charge in [0.25, 0.3) is 0 Å². The maximum Gasteiger partial charge on any atom is 2.00 e. The largest absolute Gasteiger partial charge is 2.00 e. The monoisotopic (exact) mass is 194 g/mol. The van der Waals surface area contributed by atoms with Gasteiger partial charge in [-0.15, -0.1) is 0 Å². The van der Waals surface area contributed by atoms with Crippen LogP contribution in [0.2, 0.25) is 0 Å². The van der Waals surface area contributed by atoms with Crippen LogP contribution in [0.5, 0.6) is 0 Å². The van der Waals surface area contributed by atoms with E-state index in [0.29, 0.717) is 0 Å². The maximum absolute atomic E-state index is 8.66. The normalized spacial score (nSPS) is 8.43. The minimum absolute atomic E-state index is 0. The summed E-state index contributed by atoms with van der Waals surface area (Å²) >= 11 is 0. The summed E-state index contributed by atoms with van der Waals surface area (Å²) in [6, 6.07) is 0. The number of rotatable bonds is 0. The van der Waals surface area contributed by atoms with Crippen molar-refractivity contribution in [1.82, 2.24) is 0 Å². The van der Waals surface area contributed by atoms with E-state index in [1.54, 1.807) is 0 Å². The van der Waals surface area contributed by atoms with Crippen LogP contribution >= 0.6 is 17.7 Å². The fraction of sp³-hybridized carbons (Fsp3) is 0. The van der Waals surface area contributed by atoms with Gasteiger partial charge in [-0.3, -0.25) is 0 Å². The molecular weight excluding hydrogens is 191 g/mol. The Hall–Kier alpha value is 1.16. The predicted molar refractivity (Wildman–Crippen MR) is 20.9 cm³/mol. The molecule has 0 aliphatic rings. The van der Waals surface area contributed by atoms with Crippen LogP contribution in [0.15, 0.2) is 0 Å². The van der Waals surface area contributed by atoms with Crippen LogP contribution in [0.25, 0.3) is 0 Å². The first-order valence-electron chi connectivity index (χ1n) is 0.748. The van der Waals surface area contributed by atoms with Gasteiger partial charge in [0.05, 0.1) is 7.82 Å². The Morgan fingerprint density at radius 3 is 1.43 bits per heavy atom. The molecule has 7 heteroatoms. The summed E-state index contributed by atoms with van der Waals surface area (Å²) in [4.78, 5) is 24.3. The Labute approximate surface area is 56.9 Å². The Morgan fingerprint density at radius 2 is 1.43 bits per heavy atom. The van der Waals surface area contributed by atoms with Crippen LogP contribution in [-0.4, -0.2) is 4.89 Å². The molecule has 0 heterocycles. The Kier molecular flexibility index (Phi) is 11.9. The molecule has 0 spiro atoms. The molecular formula is H4O4P2Zn. The Balaban J connectivity index is -0.0000000800. The summed E-state index contributed by atoms with van der Waals surface area (Å²) in [7, 11) is -5.14. The number of hydrogen-bond acceptors (Lipinski definition) is 3. The summed E-state index contributed by atoms with van der Waals surface area (Å²) in [6.45, 7) is 0. The van der Waals surface area contributed by atoms with Gasteiger partial charge in [0.2, 0.25) is 0 Å². The van der Waals surface area contributed by atoms with Crippen molar-refractivity contribution in [3.63, 3.8) is 0 Å². The van der Waals surface area contributed by atoms with E-state index in [4.69, 9.17) is 19.2 Å². The van der Waals surface area contributed by atoms with E-state index < -0.39 is 7.82 Å². The van der Waals surface area contributed by atoms with Crippen LogP contribution in [0.3, 0.4) is 0 Å². The summed E-state index contributed by atoms with van der Waals surface area (Å²) < 4.78 is 8.66. The summed E-state index contributed by atoms with van der Waals surface area (Å²) in [5.41, 5.74) is 0. The minimum Gasteiger partial charge on any atom is -0.790 e. The average molecular weight is 195 g/mol. The van der Waals surface area contributed by atoms with Gasteiger partial charge in [-0.05, 0) is 0 Å². The van der Waals surface area contributed by atoms with E-state index in [2.05, 4.69) is 0 Å². The zero-order chi connectivity index (χ0) is 4.50. The first-order chi connectivity index (χ1) is 2.00. The molecule has 0 saturated carbocycles. The summed E-state index contributed by atoms with van der Waals surface area (Å²) in [6.07, 6.45) is 0. The van der Waals surface area contributed by atoms with Crippen LogP contribution < -0.4 is 9.79 Å². The molecule has 1 atom stereocenters. The Morgan fingerprint density at radius 1 is 1.43 bits per heavy atom. The van der Waals surface area contributed by atoms with Gasteiger partial charge in [-0.2, -0.15) is 9.90 Å². The molecule has 0 radical (unpaired) electrons. The fourth-order valence-corrected chi connectivity index (χ4v) is 0. The standard InChI is InChI=1S/H3O4P.H3P.Zn/c1-5(2,3)4;;/h(H3,1,2,3,4);1H3;/q;;+2/p-2. The molecule has 0 aliphatic carbocycles. The van der Waals surface area contributed by atoms with Crippen molar-refractivity contribution in [2.75, 3.05) is 0 Å². The van der Waals surface area contributed by atoms with Crippen LogP contribution in [0.4, 0.5) is 0 Å². The first kappa shape index (κ1) is 15.7. The van der Waals surface area contributed by atoms with Crippen molar-refractivity contribution >= 4 is 17.7 Å². The first-order valence-corrected chi connectivity index (χ1v) is 2.24. The van der Waals surface area contributed by atoms with Gasteiger partial charge in [-0.1, -0.05) is 0 Å². The third kappa shape index (κ3) is 141. The molecule has 0 bridgehead atoms. The van der Waals surface area contributed by atoms with Gasteiger partial charge in [0.15, 0.2) is 0 Å². The summed E-state index contributed by atoms with van der Waals surface area (Å²) in [5, 5.41) is 0. The third-order valence-electron chi connectivity index (χ3n) is 0. The predicted octanol–water partition coefficient (Wildman–Crippen LogP) is -2.14. The number of phosphoric acid groups is 1. The van der Waals surface area contributed by atoms with Gasteiger partial charge in [-0.25, -0.2) is 0 Å². The van der Waals surface area contributed by atoms with Gasteiger partial charge >= 0.3 is 19.5 Å². The molecule has 7 heavy (non-hydrogen) atoms. The van der Waals surface area contributed by atoms with Crippen molar-refractivity contribution in [1.29, 1.82) is 0 Å². The SMILES string of the molecule is O=P([O-])([O-])O.P.[Zn+2]. The molecule has 0 saturated heterocycles. The van der Waals surface area contributed by atoms with E-state index >= 15 is 0 Å². The number of hydrogen-bond donors (Lipinski definition) is 1. The molecule has 0 aromatic heterocycles. The average Bonchev–Trinajstić information content (AvgIpc) is 0.722. The van der Waals surface area contributed by atoms with Crippen molar-refractivity contribution in [2.24, 2.45) is 0 Å². The molecule has 1 unspecified atom stereocenters. The fourth-order valence-electron chi connectivity index (χ4n) is 0. The van der Waals surface area contributed by atoms with Crippen molar-refractivity contribution in [2.45, 2.75) is 0 Å². The third-order valence-corrected chi connectivity index (χ3v) is 0.